The first kappa shape index (κ1) is 12.4. The van der Waals surface area contributed by atoms with Gasteiger partial charge in [-0.3, -0.25) is 10.1 Å². The Labute approximate surface area is 116 Å². The number of hydrogen-bond donors (Lipinski definition) is 3. The number of fused-ring (bicyclic) bond motifs is 1. The van der Waals surface area contributed by atoms with Gasteiger partial charge < -0.3 is 15.5 Å². The average molecular weight is 292 g/mol. The lowest BCUT2D eigenvalue weighted by atomic mass is 9.90. The monoisotopic (exact) mass is 292 g/mol. The Morgan fingerprint density at radius 2 is 2.15 bits per heavy atom. The van der Waals surface area contributed by atoms with Crippen molar-refractivity contribution in [2.24, 2.45) is 0 Å². The Morgan fingerprint density at radius 3 is 2.85 bits per heavy atom. The first-order valence-electron chi connectivity index (χ1n) is 5.53. The van der Waals surface area contributed by atoms with Gasteiger partial charge in [0.1, 0.15) is 23.1 Å². The van der Waals surface area contributed by atoms with E-state index in [1.807, 2.05) is 0 Å². The fourth-order valence-electron chi connectivity index (χ4n) is 2.09. The van der Waals surface area contributed by atoms with Crippen LogP contribution in [0.15, 0.2) is 30.1 Å². The maximum atomic E-state index is 11.2. The molecule has 0 saturated carbocycles. The smallest absolute Gasteiger partial charge is 0.275 e. The van der Waals surface area contributed by atoms with E-state index in [9.17, 15) is 20.3 Å². The standard InChI is InChI=1S/C11H8N4O4S/c16-5-1-2-6(8(17)3-5)9-7(15(18)19)4-12-11-10(9)13-20-14-11/h1-4,9,16-17H,(H,12,14). The van der Waals surface area contributed by atoms with Gasteiger partial charge in [-0.1, -0.05) is 6.07 Å². The number of nitrogens with zero attached hydrogens (tertiary/aromatic N) is 3. The normalized spacial score (nSPS) is 17.0. The lowest BCUT2D eigenvalue weighted by molar-refractivity contribution is -0.429. The highest BCUT2D eigenvalue weighted by Gasteiger charge is 2.37. The third-order valence-electron chi connectivity index (χ3n) is 2.98. The highest BCUT2D eigenvalue weighted by Crippen LogP contribution is 2.42. The van der Waals surface area contributed by atoms with Crippen LogP contribution in [0, 0.1) is 10.1 Å². The van der Waals surface area contributed by atoms with Crippen LogP contribution in [0.4, 0.5) is 5.82 Å². The number of nitrogens with one attached hydrogen (secondary N) is 1. The van der Waals surface area contributed by atoms with Crippen LogP contribution in [-0.2, 0) is 0 Å². The van der Waals surface area contributed by atoms with Crippen LogP contribution in [0.1, 0.15) is 17.2 Å². The predicted octanol–water partition coefficient (Wildman–Crippen LogP) is 1.62. The van der Waals surface area contributed by atoms with Gasteiger partial charge >= 0.3 is 0 Å². The van der Waals surface area contributed by atoms with Crippen LogP contribution in [0.5, 0.6) is 11.5 Å². The number of nitro groups is 1. The van der Waals surface area contributed by atoms with E-state index in [0.29, 0.717) is 17.1 Å². The van der Waals surface area contributed by atoms with Crippen LogP contribution in [0.3, 0.4) is 0 Å². The fraction of sp³-hybridized carbons (Fsp3) is 0.0909. The first-order chi connectivity index (χ1) is 9.58. The zero-order valence-corrected chi connectivity index (χ0v) is 10.7. The van der Waals surface area contributed by atoms with Crippen molar-refractivity contribution in [1.29, 1.82) is 0 Å². The molecule has 1 aromatic heterocycles. The van der Waals surface area contributed by atoms with Gasteiger partial charge in [0, 0.05) is 11.6 Å². The molecule has 102 valence electrons. The fourth-order valence-corrected chi connectivity index (χ4v) is 2.64. The molecule has 3 N–H and O–H groups in total. The van der Waals surface area contributed by atoms with Crippen LogP contribution >= 0.6 is 11.7 Å². The molecule has 0 radical (unpaired) electrons. The molecule has 1 aliphatic heterocycles. The third kappa shape index (κ3) is 1.84. The zero-order chi connectivity index (χ0) is 14.3. The van der Waals surface area contributed by atoms with Crippen molar-refractivity contribution >= 4 is 17.5 Å². The van der Waals surface area contributed by atoms with Crippen molar-refractivity contribution in [2.75, 3.05) is 5.32 Å². The molecule has 1 aromatic carbocycles. The Balaban J connectivity index is 2.19. The van der Waals surface area contributed by atoms with Crippen molar-refractivity contribution in [2.45, 2.75) is 5.92 Å². The van der Waals surface area contributed by atoms with E-state index in [-0.39, 0.29) is 17.2 Å². The largest absolute Gasteiger partial charge is 0.508 e. The maximum Gasteiger partial charge on any atom is 0.275 e. The van der Waals surface area contributed by atoms with Gasteiger partial charge in [0.2, 0.25) is 0 Å². The zero-order valence-electron chi connectivity index (χ0n) is 9.85. The van der Waals surface area contributed by atoms with E-state index in [4.69, 9.17) is 0 Å². The minimum Gasteiger partial charge on any atom is -0.508 e. The number of phenolic OH excluding ortho intramolecular Hbond substituents is 2. The van der Waals surface area contributed by atoms with Crippen LogP contribution in [0.2, 0.25) is 0 Å². The van der Waals surface area contributed by atoms with Gasteiger partial charge in [-0.25, -0.2) is 0 Å². The van der Waals surface area contributed by atoms with E-state index < -0.39 is 10.8 Å². The summed E-state index contributed by atoms with van der Waals surface area (Å²) in [5.74, 6) is -0.759. The van der Waals surface area contributed by atoms with E-state index >= 15 is 0 Å². The second-order valence-electron chi connectivity index (χ2n) is 4.14. The van der Waals surface area contributed by atoms with E-state index in [1.165, 1.54) is 18.3 Å². The summed E-state index contributed by atoms with van der Waals surface area (Å²) in [5.41, 5.74) is 0.526. The van der Waals surface area contributed by atoms with Gasteiger partial charge in [-0.15, -0.1) is 0 Å². The molecule has 1 aliphatic rings. The van der Waals surface area contributed by atoms with Crippen molar-refractivity contribution in [3.05, 3.63) is 51.5 Å². The Hall–Kier alpha value is -2.68. The topological polar surface area (TPSA) is 121 Å². The van der Waals surface area contributed by atoms with Crippen LogP contribution < -0.4 is 5.32 Å². The molecule has 20 heavy (non-hydrogen) atoms. The molecule has 2 heterocycles. The Morgan fingerprint density at radius 1 is 1.35 bits per heavy atom. The molecule has 2 aromatic rings. The molecule has 0 aliphatic carbocycles. The summed E-state index contributed by atoms with van der Waals surface area (Å²) in [7, 11) is 0. The Bertz CT molecular complexity index is 727. The summed E-state index contributed by atoms with van der Waals surface area (Å²) in [6.45, 7) is 0. The molecule has 0 fully saturated rings. The number of hydrogen-bond acceptors (Lipinski definition) is 8. The van der Waals surface area contributed by atoms with Gasteiger partial charge in [0.15, 0.2) is 5.82 Å². The average Bonchev–Trinajstić information content (AvgIpc) is 2.86. The lowest BCUT2D eigenvalue weighted by Crippen LogP contribution is -2.19. The summed E-state index contributed by atoms with van der Waals surface area (Å²) < 4.78 is 8.05. The molecular formula is C11H8N4O4S. The number of aromatic hydroxyl groups is 2. The van der Waals surface area contributed by atoms with Gasteiger partial charge in [-0.2, -0.15) is 8.75 Å². The molecule has 3 rings (SSSR count). The summed E-state index contributed by atoms with van der Waals surface area (Å²) in [4.78, 5) is 10.6. The van der Waals surface area contributed by atoms with E-state index in [1.54, 1.807) is 0 Å². The molecular weight excluding hydrogens is 284 g/mol. The SMILES string of the molecule is O=[N+]([O-])C1=CNc2nsnc2C1c1ccc(O)cc1O. The molecule has 0 amide bonds. The van der Waals surface area contributed by atoms with Gasteiger partial charge in [0.05, 0.1) is 22.9 Å². The quantitative estimate of drug-likeness (QED) is 0.568. The van der Waals surface area contributed by atoms with Crippen molar-refractivity contribution in [3.8, 4) is 11.5 Å². The first-order valence-corrected chi connectivity index (χ1v) is 6.26. The summed E-state index contributed by atoms with van der Waals surface area (Å²) in [6, 6.07) is 3.92. The number of anilines is 1. The number of allylic oxidation sites excluding steroid dienone is 1. The number of rotatable bonds is 2. The van der Waals surface area contributed by atoms with E-state index in [0.717, 1.165) is 17.8 Å². The Kier molecular flexibility index (Phi) is 2.75. The minimum atomic E-state index is -0.833. The number of phenols is 2. The molecule has 0 bridgehead atoms. The van der Waals surface area contributed by atoms with Crippen molar-refractivity contribution in [3.63, 3.8) is 0 Å². The number of benzene rings is 1. The molecule has 0 spiro atoms. The summed E-state index contributed by atoms with van der Waals surface area (Å²) >= 11 is 0.927. The van der Waals surface area contributed by atoms with E-state index in [2.05, 4.69) is 14.1 Å². The highest BCUT2D eigenvalue weighted by atomic mass is 32.1. The van der Waals surface area contributed by atoms with Crippen molar-refractivity contribution < 1.29 is 15.1 Å². The number of aromatic nitrogens is 2. The molecule has 1 unspecified atom stereocenters. The second kappa shape index (κ2) is 4.46. The maximum absolute atomic E-state index is 11.2. The molecule has 1 atom stereocenters. The van der Waals surface area contributed by atoms with Crippen molar-refractivity contribution in [1.82, 2.24) is 8.75 Å². The summed E-state index contributed by atoms with van der Waals surface area (Å²) in [5, 5.41) is 33.1. The van der Waals surface area contributed by atoms with Gasteiger partial charge in [0.25, 0.3) is 5.70 Å². The highest BCUT2D eigenvalue weighted by molar-refractivity contribution is 6.99. The van der Waals surface area contributed by atoms with Gasteiger partial charge in [-0.05, 0) is 6.07 Å². The third-order valence-corrected chi connectivity index (χ3v) is 3.52. The van der Waals surface area contributed by atoms with Crippen LogP contribution in [0.25, 0.3) is 0 Å². The predicted molar refractivity (Wildman–Crippen MR) is 70.2 cm³/mol. The second-order valence-corrected chi connectivity index (χ2v) is 4.67. The molecule has 9 heteroatoms. The summed E-state index contributed by atoms with van der Waals surface area (Å²) in [6.07, 6.45) is 1.24. The lowest BCUT2D eigenvalue weighted by Gasteiger charge is -2.18. The minimum absolute atomic E-state index is 0.122. The molecule has 8 nitrogen and oxygen atoms in total. The molecule has 0 saturated heterocycles. The van der Waals surface area contributed by atoms with Crippen LogP contribution in [-0.4, -0.2) is 23.9 Å².